The Balaban J connectivity index is 1.81. The lowest BCUT2D eigenvalue weighted by atomic mass is 9.78. The van der Waals surface area contributed by atoms with Gasteiger partial charge in [0.1, 0.15) is 5.60 Å². The molecule has 3 rings (SSSR count). The van der Waals surface area contributed by atoms with Gasteiger partial charge in [-0.15, -0.1) is 0 Å². The summed E-state index contributed by atoms with van der Waals surface area (Å²) in [7, 11) is 0. The Bertz CT molecular complexity index is 452. The average molecular weight is 293 g/mol. The molecule has 1 aromatic rings. The van der Waals surface area contributed by atoms with E-state index in [0.717, 1.165) is 44.1 Å². The predicted molar refractivity (Wildman–Crippen MR) is 80.1 cm³/mol. The lowest BCUT2D eigenvalue weighted by Gasteiger charge is -2.37. The van der Waals surface area contributed by atoms with Crippen molar-refractivity contribution in [1.82, 2.24) is 15.5 Å². The molecule has 1 saturated heterocycles. The summed E-state index contributed by atoms with van der Waals surface area (Å²) in [6.07, 6.45) is 6.76. The summed E-state index contributed by atoms with van der Waals surface area (Å²) in [5.41, 5.74) is -0.323. The van der Waals surface area contributed by atoms with Crippen LogP contribution in [0.4, 0.5) is 0 Å². The summed E-state index contributed by atoms with van der Waals surface area (Å²) >= 11 is 0. The van der Waals surface area contributed by atoms with Crippen molar-refractivity contribution in [3.8, 4) is 0 Å². The van der Waals surface area contributed by atoms with Crippen LogP contribution in [0.3, 0.4) is 0 Å². The molecule has 0 radical (unpaired) electrons. The van der Waals surface area contributed by atoms with Gasteiger partial charge in [0.25, 0.3) is 0 Å². The molecule has 1 N–H and O–H groups in total. The fourth-order valence-electron chi connectivity index (χ4n) is 3.83. The van der Waals surface area contributed by atoms with Crippen LogP contribution >= 0.6 is 0 Å². The third kappa shape index (κ3) is 3.14. The Morgan fingerprint density at radius 2 is 2.29 bits per heavy atom. The molecule has 2 unspecified atom stereocenters. The van der Waals surface area contributed by atoms with E-state index in [-0.39, 0.29) is 5.60 Å². The van der Waals surface area contributed by atoms with E-state index in [1.165, 1.54) is 19.3 Å². The van der Waals surface area contributed by atoms with Gasteiger partial charge in [0, 0.05) is 13.2 Å². The highest BCUT2D eigenvalue weighted by atomic mass is 16.5. The van der Waals surface area contributed by atoms with Gasteiger partial charge in [-0.1, -0.05) is 18.5 Å². The molecule has 1 aromatic heterocycles. The van der Waals surface area contributed by atoms with E-state index < -0.39 is 0 Å². The first-order chi connectivity index (χ1) is 10.2. The maximum Gasteiger partial charge on any atom is 0.231 e. The summed E-state index contributed by atoms with van der Waals surface area (Å²) in [4.78, 5) is 4.74. The zero-order valence-electron chi connectivity index (χ0n) is 13.2. The van der Waals surface area contributed by atoms with Gasteiger partial charge in [-0.2, -0.15) is 4.98 Å². The quantitative estimate of drug-likeness (QED) is 0.924. The molecule has 1 saturated carbocycles. The number of nitrogens with one attached hydrogen (secondary N) is 1. The van der Waals surface area contributed by atoms with Crippen LogP contribution in [0.2, 0.25) is 0 Å². The smallest absolute Gasteiger partial charge is 0.231 e. The summed E-state index contributed by atoms with van der Waals surface area (Å²) in [5.74, 6) is 2.58. The molecule has 0 bridgehead atoms. The number of hydrogen-bond acceptors (Lipinski definition) is 5. The maximum atomic E-state index is 6.13. The SMILES string of the molecule is CCOC1(c2noc([C@H]3CCCNC3)n2)CCCC(C)C1. The number of aromatic nitrogens is 2. The zero-order valence-corrected chi connectivity index (χ0v) is 13.2. The van der Waals surface area contributed by atoms with Gasteiger partial charge in [-0.05, 0) is 51.5 Å². The Labute approximate surface area is 126 Å². The highest BCUT2D eigenvalue weighted by Crippen LogP contribution is 2.42. The second-order valence-corrected chi connectivity index (χ2v) is 6.63. The van der Waals surface area contributed by atoms with E-state index in [2.05, 4.69) is 17.4 Å². The molecule has 1 aliphatic carbocycles. The lowest BCUT2D eigenvalue weighted by Crippen LogP contribution is -2.36. The second kappa shape index (κ2) is 6.44. The Morgan fingerprint density at radius 3 is 3.00 bits per heavy atom. The fraction of sp³-hybridized carbons (Fsp3) is 0.875. The monoisotopic (exact) mass is 293 g/mol. The Kier molecular flexibility index (Phi) is 4.60. The van der Waals surface area contributed by atoms with Gasteiger partial charge in [0.05, 0.1) is 5.92 Å². The average Bonchev–Trinajstić information content (AvgIpc) is 2.99. The van der Waals surface area contributed by atoms with E-state index in [0.29, 0.717) is 18.4 Å². The van der Waals surface area contributed by atoms with Gasteiger partial charge in [0.2, 0.25) is 11.7 Å². The van der Waals surface area contributed by atoms with Gasteiger partial charge < -0.3 is 14.6 Å². The summed E-state index contributed by atoms with van der Waals surface area (Å²) in [5, 5.41) is 7.71. The van der Waals surface area contributed by atoms with Gasteiger partial charge in [0.15, 0.2) is 0 Å². The van der Waals surface area contributed by atoms with Crippen LogP contribution < -0.4 is 5.32 Å². The lowest BCUT2D eigenvalue weighted by molar-refractivity contribution is -0.0891. The van der Waals surface area contributed by atoms with Crippen LogP contribution in [0.5, 0.6) is 0 Å². The predicted octanol–water partition coefficient (Wildman–Crippen LogP) is 2.98. The first kappa shape index (κ1) is 15.0. The third-order valence-electron chi connectivity index (χ3n) is 4.87. The summed E-state index contributed by atoms with van der Waals surface area (Å²) in [6, 6.07) is 0. The molecule has 1 aliphatic heterocycles. The Hall–Kier alpha value is -0.940. The van der Waals surface area contributed by atoms with Gasteiger partial charge >= 0.3 is 0 Å². The van der Waals surface area contributed by atoms with Gasteiger partial charge in [-0.3, -0.25) is 0 Å². The van der Waals surface area contributed by atoms with Crippen LogP contribution in [0.25, 0.3) is 0 Å². The van der Waals surface area contributed by atoms with Crippen molar-refractivity contribution in [2.45, 2.75) is 63.9 Å². The number of ether oxygens (including phenoxy) is 1. The van der Waals surface area contributed by atoms with Crippen molar-refractivity contribution in [2.24, 2.45) is 5.92 Å². The first-order valence-electron chi connectivity index (χ1n) is 8.42. The molecule has 2 heterocycles. The number of nitrogens with zero attached hydrogens (tertiary/aromatic N) is 2. The summed E-state index contributed by atoms with van der Waals surface area (Å²) < 4.78 is 11.7. The standard InChI is InChI=1S/C16H27N3O2/c1-3-20-16(8-4-6-12(2)10-16)15-18-14(21-19-15)13-7-5-9-17-11-13/h12-13,17H,3-11H2,1-2H3/t12?,13-,16?/m0/s1. The van der Waals surface area contributed by atoms with Crippen molar-refractivity contribution >= 4 is 0 Å². The van der Waals surface area contributed by atoms with Crippen LogP contribution in [-0.2, 0) is 10.3 Å². The molecule has 3 atom stereocenters. The number of piperidine rings is 1. The van der Waals surface area contributed by atoms with Crippen molar-refractivity contribution in [2.75, 3.05) is 19.7 Å². The molecule has 2 aliphatic rings. The fourth-order valence-corrected chi connectivity index (χ4v) is 3.83. The van der Waals surface area contributed by atoms with Crippen molar-refractivity contribution < 1.29 is 9.26 Å². The summed E-state index contributed by atoms with van der Waals surface area (Å²) in [6.45, 7) is 7.07. The van der Waals surface area contributed by atoms with Crippen LogP contribution in [-0.4, -0.2) is 29.8 Å². The van der Waals surface area contributed by atoms with Gasteiger partial charge in [-0.25, -0.2) is 0 Å². The van der Waals surface area contributed by atoms with Crippen molar-refractivity contribution in [1.29, 1.82) is 0 Å². The minimum atomic E-state index is -0.323. The van der Waals surface area contributed by atoms with E-state index in [9.17, 15) is 0 Å². The molecule has 5 nitrogen and oxygen atoms in total. The van der Waals surface area contributed by atoms with Crippen molar-refractivity contribution in [3.63, 3.8) is 0 Å². The molecule has 0 aromatic carbocycles. The normalized spacial score (nSPS) is 34.0. The van der Waals surface area contributed by atoms with Crippen molar-refractivity contribution in [3.05, 3.63) is 11.7 Å². The number of rotatable bonds is 4. The third-order valence-corrected chi connectivity index (χ3v) is 4.87. The highest BCUT2D eigenvalue weighted by molar-refractivity contribution is 5.06. The van der Waals surface area contributed by atoms with Crippen LogP contribution in [0.1, 0.15) is 70.0 Å². The molecule has 118 valence electrons. The molecule has 0 spiro atoms. The molecule has 0 amide bonds. The maximum absolute atomic E-state index is 6.13. The van der Waals surface area contributed by atoms with Crippen LogP contribution in [0.15, 0.2) is 4.52 Å². The highest BCUT2D eigenvalue weighted by Gasteiger charge is 2.42. The molecule has 21 heavy (non-hydrogen) atoms. The zero-order chi connectivity index (χ0) is 14.7. The van der Waals surface area contributed by atoms with E-state index in [4.69, 9.17) is 14.2 Å². The molecular weight excluding hydrogens is 266 g/mol. The van der Waals surface area contributed by atoms with E-state index in [1.807, 2.05) is 6.92 Å². The Morgan fingerprint density at radius 1 is 1.38 bits per heavy atom. The molecule has 5 heteroatoms. The topological polar surface area (TPSA) is 60.2 Å². The van der Waals surface area contributed by atoms with Crippen LogP contribution in [0, 0.1) is 5.92 Å². The van der Waals surface area contributed by atoms with E-state index in [1.54, 1.807) is 0 Å². The molecular formula is C16H27N3O2. The second-order valence-electron chi connectivity index (χ2n) is 6.63. The van der Waals surface area contributed by atoms with E-state index >= 15 is 0 Å². The number of hydrogen-bond donors (Lipinski definition) is 1. The minimum absolute atomic E-state index is 0.323. The first-order valence-corrected chi connectivity index (χ1v) is 8.42. The minimum Gasteiger partial charge on any atom is -0.367 e. The molecule has 2 fully saturated rings. The largest absolute Gasteiger partial charge is 0.367 e.